The van der Waals surface area contributed by atoms with Gasteiger partial charge in [-0.3, -0.25) is 4.79 Å². The van der Waals surface area contributed by atoms with E-state index in [2.05, 4.69) is 5.32 Å². The summed E-state index contributed by atoms with van der Waals surface area (Å²) in [6, 6.07) is 14.2. The van der Waals surface area contributed by atoms with Crippen LogP contribution >= 0.6 is 11.8 Å². The van der Waals surface area contributed by atoms with E-state index in [1.807, 2.05) is 38.1 Å². The molecule has 0 unspecified atom stereocenters. The van der Waals surface area contributed by atoms with Gasteiger partial charge in [0.15, 0.2) is 0 Å². The monoisotopic (exact) mass is 303 g/mol. The summed E-state index contributed by atoms with van der Waals surface area (Å²) in [7, 11) is 0. The van der Waals surface area contributed by atoms with Gasteiger partial charge in [0.05, 0.1) is 5.25 Å². The van der Waals surface area contributed by atoms with Crippen molar-refractivity contribution in [3.8, 4) is 0 Å². The van der Waals surface area contributed by atoms with Gasteiger partial charge in [0.1, 0.15) is 5.82 Å². The molecule has 2 rings (SSSR count). The fraction of sp³-hybridized carbons (Fsp3) is 0.235. The first kappa shape index (κ1) is 15.6. The predicted octanol–water partition coefficient (Wildman–Crippen LogP) is 3.93. The number of amides is 1. The van der Waals surface area contributed by atoms with Crippen molar-refractivity contribution < 1.29 is 9.18 Å². The molecule has 2 aromatic carbocycles. The van der Waals surface area contributed by atoms with Crippen molar-refractivity contribution in [3.63, 3.8) is 0 Å². The van der Waals surface area contributed by atoms with Crippen LogP contribution in [0.5, 0.6) is 0 Å². The minimum absolute atomic E-state index is 0.0232. The van der Waals surface area contributed by atoms with Crippen LogP contribution < -0.4 is 5.32 Å². The number of hydrogen-bond acceptors (Lipinski definition) is 2. The van der Waals surface area contributed by atoms with E-state index in [9.17, 15) is 9.18 Å². The summed E-state index contributed by atoms with van der Waals surface area (Å²) in [4.78, 5) is 13.1. The quantitative estimate of drug-likeness (QED) is 0.848. The van der Waals surface area contributed by atoms with Crippen molar-refractivity contribution in [2.24, 2.45) is 0 Å². The van der Waals surface area contributed by atoms with Gasteiger partial charge in [-0.25, -0.2) is 4.39 Å². The van der Waals surface area contributed by atoms with Crippen LogP contribution in [0, 0.1) is 12.7 Å². The highest BCUT2D eigenvalue weighted by atomic mass is 32.2. The maximum absolute atomic E-state index is 12.8. The van der Waals surface area contributed by atoms with E-state index in [4.69, 9.17) is 0 Å². The first-order valence-corrected chi connectivity index (χ1v) is 7.68. The van der Waals surface area contributed by atoms with Gasteiger partial charge in [0.25, 0.3) is 0 Å². The van der Waals surface area contributed by atoms with E-state index in [0.29, 0.717) is 6.54 Å². The Hall–Kier alpha value is -1.81. The van der Waals surface area contributed by atoms with Crippen molar-refractivity contribution in [1.82, 2.24) is 5.32 Å². The molecule has 0 radical (unpaired) electrons. The number of carbonyl (C=O) groups is 1. The Morgan fingerprint density at radius 3 is 2.38 bits per heavy atom. The maximum atomic E-state index is 12.8. The molecule has 0 aliphatic carbocycles. The molecule has 0 aromatic heterocycles. The summed E-state index contributed by atoms with van der Waals surface area (Å²) in [5, 5.41) is 2.69. The minimum atomic E-state index is -0.270. The molecule has 4 heteroatoms. The Morgan fingerprint density at radius 2 is 1.76 bits per heavy atom. The van der Waals surface area contributed by atoms with E-state index in [0.717, 1.165) is 10.5 Å². The predicted molar refractivity (Wildman–Crippen MR) is 84.7 cm³/mol. The number of nitrogens with one attached hydrogen (secondary N) is 1. The fourth-order valence-electron chi connectivity index (χ4n) is 1.81. The molecule has 21 heavy (non-hydrogen) atoms. The molecule has 1 N–H and O–H groups in total. The van der Waals surface area contributed by atoms with Crippen molar-refractivity contribution >= 4 is 17.7 Å². The van der Waals surface area contributed by atoms with Gasteiger partial charge in [-0.2, -0.15) is 0 Å². The molecule has 2 nitrogen and oxygen atoms in total. The zero-order valence-corrected chi connectivity index (χ0v) is 12.9. The normalized spacial score (nSPS) is 12.0. The summed E-state index contributed by atoms with van der Waals surface area (Å²) >= 11 is 1.53. The molecule has 0 heterocycles. The first-order valence-electron chi connectivity index (χ1n) is 6.80. The van der Waals surface area contributed by atoms with Crippen LogP contribution in [0.15, 0.2) is 53.4 Å². The number of rotatable bonds is 5. The van der Waals surface area contributed by atoms with Gasteiger partial charge in [-0.05, 0) is 43.7 Å². The topological polar surface area (TPSA) is 29.1 Å². The van der Waals surface area contributed by atoms with Gasteiger partial charge in [0.2, 0.25) is 5.91 Å². The zero-order chi connectivity index (χ0) is 15.2. The Bertz CT molecular complexity index is 595. The first-order chi connectivity index (χ1) is 10.0. The fourth-order valence-corrected chi connectivity index (χ4v) is 2.70. The standard InChI is InChI=1S/C17H18FNOS/c1-12-3-9-16(10-4-12)21-13(2)17(20)19-11-14-5-7-15(18)8-6-14/h3-10,13H,11H2,1-2H3,(H,19,20)/t13-/m0/s1. The molecule has 0 fully saturated rings. The van der Waals surface area contributed by atoms with E-state index in [1.165, 1.54) is 29.5 Å². The lowest BCUT2D eigenvalue weighted by Gasteiger charge is -2.12. The van der Waals surface area contributed by atoms with Crippen molar-refractivity contribution in [2.75, 3.05) is 0 Å². The molecule has 0 aliphatic heterocycles. The van der Waals surface area contributed by atoms with Crippen LogP contribution in [0.25, 0.3) is 0 Å². The lowest BCUT2D eigenvalue weighted by molar-refractivity contribution is -0.120. The molecular formula is C17H18FNOS. The van der Waals surface area contributed by atoms with Crippen LogP contribution in [-0.2, 0) is 11.3 Å². The molecule has 0 bridgehead atoms. The van der Waals surface area contributed by atoms with E-state index >= 15 is 0 Å². The largest absolute Gasteiger partial charge is 0.351 e. The van der Waals surface area contributed by atoms with Crippen LogP contribution in [0.2, 0.25) is 0 Å². The van der Waals surface area contributed by atoms with Crippen LogP contribution in [0.3, 0.4) is 0 Å². The second-order valence-corrected chi connectivity index (χ2v) is 6.33. The van der Waals surface area contributed by atoms with E-state index < -0.39 is 0 Å². The molecule has 0 saturated heterocycles. The highest BCUT2D eigenvalue weighted by Crippen LogP contribution is 2.23. The molecule has 2 aromatic rings. The summed E-state index contributed by atoms with van der Waals surface area (Å²) in [5.74, 6) is -0.293. The van der Waals surface area contributed by atoms with Crippen LogP contribution in [0.4, 0.5) is 4.39 Å². The van der Waals surface area contributed by atoms with Gasteiger partial charge in [0, 0.05) is 11.4 Å². The second-order valence-electron chi connectivity index (χ2n) is 4.92. The van der Waals surface area contributed by atoms with Crippen LogP contribution in [0.1, 0.15) is 18.1 Å². The van der Waals surface area contributed by atoms with E-state index in [-0.39, 0.29) is 17.0 Å². The highest BCUT2D eigenvalue weighted by molar-refractivity contribution is 8.00. The Kier molecular flexibility index (Phi) is 5.39. The molecule has 0 saturated carbocycles. The molecular weight excluding hydrogens is 285 g/mol. The summed E-state index contributed by atoms with van der Waals surface area (Å²) in [5.41, 5.74) is 2.09. The maximum Gasteiger partial charge on any atom is 0.233 e. The number of hydrogen-bond donors (Lipinski definition) is 1. The van der Waals surface area contributed by atoms with Crippen LogP contribution in [-0.4, -0.2) is 11.2 Å². The lowest BCUT2D eigenvalue weighted by Crippen LogP contribution is -2.30. The average Bonchev–Trinajstić information content (AvgIpc) is 2.48. The third-order valence-electron chi connectivity index (χ3n) is 3.08. The number of aryl methyl sites for hydroxylation is 1. The third-order valence-corrected chi connectivity index (χ3v) is 4.20. The molecule has 1 amide bonds. The second kappa shape index (κ2) is 7.27. The van der Waals surface area contributed by atoms with Crippen molar-refractivity contribution in [3.05, 3.63) is 65.5 Å². The Labute approximate surface area is 128 Å². The SMILES string of the molecule is Cc1ccc(S[C@@H](C)C(=O)NCc2ccc(F)cc2)cc1. The van der Waals surface area contributed by atoms with Gasteiger partial charge < -0.3 is 5.32 Å². The smallest absolute Gasteiger partial charge is 0.233 e. The number of carbonyl (C=O) groups excluding carboxylic acids is 1. The average molecular weight is 303 g/mol. The third kappa shape index (κ3) is 4.90. The molecule has 0 aliphatic rings. The number of benzene rings is 2. The number of thioether (sulfide) groups is 1. The number of halogens is 1. The van der Waals surface area contributed by atoms with Gasteiger partial charge in [-0.15, -0.1) is 11.8 Å². The van der Waals surface area contributed by atoms with Crippen molar-refractivity contribution in [1.29, 1.82) is 0 Å². The zero-order valence-electron chi connectivity index (χ0n) is 12.1. The van der Waals surface area contributed by atoms with Gasteiger partial charge in [-0.1, -0.05) is 29.8 Å². The van der Waals surface area contributed by atoms with E-state index in [1.54, 1.807) is 12.1 Å². The Balaban J connectivity index is 1.84. The highest BCUT2D eigenvalue weighted by Gasteiger charge is 2.13. The summed E-state index contributed by atoms with van der Waals surface area (Å²) in [6.07, 6.45) is 0. The molecule has 1 atom stereocenters. The summed E-state index contributed by atoms with van der Waals surface area (Å²) < 4.78 is 12.8. The minimum Gasteiger partial charge on any atom is -0.351 e. The Morgan fingerprint density at radius 1 is 1.14 bits per heavy atom. The van der Waals surface area contributed by atoms with Crippen molar-refractivity contribution in [2.45, 2.75) is 30.5 Å². The summed E-state index contributed by atoms with van der Waals surface area (Å²) in [6.45, 7) is 4.33. The molecule has 110 valence electrons. The lowest BCUT2D eigenvalue weighted by atomic mass is 10.2. The van der Waals surface area contributed by atoms with Gasteiger partial charge >= 0.3 is 0 Å². The molecule has 0 spiro atoms.